The van der Waals surface area contributed by atoms with Crippen molar-refractivity contribution in [1.82, 2.24) is 10.6 Å². The van der Waals surface area contributed by atoms with Crippen LogP contribution in [0.1, 0.15) is 52.4 Å². The van der Waals surface area contributed by atoms with Crippen LogP contribution in [0.4, 0.5) is 0 Å². The molecule has 0 aliphatic rings. The molecule has 0 aromatic carbocycles. The highest BCUT2D eigenvalue weighted by Gasteiger charge is 2.17. The van der Waals surface area contributed by atoms with Crippen molar-refractivity contribution in [1.29, 1.82) is 0 Å². The van der Waals surface area contributed by atoms with E-state index in [0.717, 1.165) is 19.1 Å². The Morgan fingerprint density at radius 1 is 1.00 bits per heavy atom. The maximum atomic E-state index is 12.1. The molecule has 0 heterocycles. The molecule has 2 N–H and O–H groups in total. The van der Waals surface area contributed by atoms with E-state index in [4.69, 9.17) is 4.74 Å². The van der Waals surface area contributed by atoms with Gasteiger partial charge in [0, 0.05) is 5.57 Å². The van der Waals surface area contributed by atoms with Crippen molar-refractivity contribution in [3.63, 3.8) is 0 Å². The van der Waals surface area contributed by atoms with Gasteiger partial charge in [0.2, 0.25) is 0 Å². The Hall–Kier alpha value is -2.83. The van der Waals surface area contributed by atoms with Gasteiger partial charge < -0.3 is 20.1 Å². The third-order valence-corrected chi connectivity index (χ3v) is 3.74. The van der Waals surface area contributed by atoms with Gasteiger partial charge in [0.1, 0.15) is 6.26 Å². The van der Waals surface area contributed by atoms with Gasteiger partial charge in [-0.15, -0.1) is 0 Å². The molecule has 0 rings (SSSR count). The van der Waals surface area contributed by atoms with E-state index in [9.17, 15) is 14.4 Å². The summed E-state index contributed by atoms with van der Waals surface area (Å²) < 4.78 is 9.23. The molecular weight excluding hydrogens is 360 g/mol. The van der Waals surface area contributed by atoms with Gasteiger partial charge in [0.05, 0.1) is 19.9 Å². The van der Waals surface area contributed by atoms with Crippen LogP contribution in [0.2, 0.25) is 0 Å². The van der Waals surface area contributed by atoms with Crippen LogP contribution in [0.25, 0.3) is 0 Å². The second-order valence-electron chi connectivity index (χ2n) is 6.13. The first kappa shape index (κ1) is 25.2. The Balaban J connectivity index is 4.50. The zero-order chi connectivity index (χ0) is 21.4. The molecule has 28 heavy (non-hydrogen) atoms. The SMILES string of the molecule is C=C(NC(=O)/C(C)=C/C=C/CCCCCCC)C(=O)N/C(=C/OC)C(=O)OC. The third kappa shape index (κ3) is 11.0. The van der Waals surface area contributed by atoms with Gasteiger partial charge in [0.15, 0.2) is 5.70 Å². The number of rotatable bonds is 13. The lowest BCUT2D eigenvalue weighted by atomic mass is 10.1. The summed E-state index contributed by atoms with van der Waals surface area (Å²) in [6.07, 6.45) is 13.6. The summed E-state index contributed by atoms with van der Waals surface area (Å²) in [6, 6.07) is 0. The average molecular weight is 392 g/mol. The molecule has 156 valence electrons. The van der Waals surface area contributed by atoms with Crippen molar-refractivity contribution in [2.45, 2.75) is 52.4 Å². The second-order valence-corrected chi connectivity index (χ2v) is 6.13. The van der Waals surface area contributed by atoms with E-state index in [0.29, 0.717) is 5.57 Å². The Morgan fingerprint density at radius 2 is 1.68 bits per heavy atom. The van der Waals surface area contributed by atoms with Gasteiger partial charge in [-0.3, -0.25) is 9.59 Å². The van der Waals surface area contributed by atoms with Crippen LogP contribution in [0.5, 0.6) is 0 Å². The van der Waals surface area contributed by atoms with Crippen molar-refractivity contribution in [2.24, 2.45) is 0 Å². The highest BCUT2D eigenvalue weighted by Crippen LogP contribution is 2.06. The highest BCUT2D eigenvalue weighted by molar-refractivity contribution is 6.04. The molecule has 0 aliphatic carbocycles. The molecule has 0 aromatic heterocycles. The molecule has 0 aromatic rings. The van der Waals surface area contributed by atoms with Gasteiger partial charge in [-0.05, 0) is 19.8 Å². The van der Waals surface area contributed by atoms with E-state index >= 15 is 0 Å². The quantitative estimate of drug-likeness (QED) is 0.165. The predicted molar refractivity (Wildman–Crippen MR) is 109 cm³/mol. The molecule has 0 saturated carbocycles. The number of unbranched alkanes of at least 4 members (excludes halogenated alkanes) is 5. The zero-order valence-corrected chi connectivity index (χ0v) is 17.3. The highest BCUT2D eigenvalue weighted by atomic mass is 16.5. The zero-order valence-electron chi connectivity index (χ0n) is 17.3. The van der Waals surface area contributed by atoms with Crippen LogP contribution >= 0.6 is 0 Å². The van der Waals surface area contributed by atoms with Crippen LogP contribution in [0.3, 0.4) is 0 Å². The molecule has 0 atom stereocenters. The molecular formula is C21H32N2O5. The summed E-state index contributed by atoms with van der Waals surface area (Å²) in [7, 11) is 2.49. The van der Waals surface area contributed by atoms with Gasteiger partial charge in [-0.25, -0.2) is 4.79 Å². The fourth-order valence-electron chi connectivity index (χ4n) is 2.10. The second kappa shape index (κ2) is 15.2. The number of allylic oxidation sites excluding steroid dienone is 3. The fraction of sp³-hybridized carbons (Fsp3) is 0.476. The third-order valence-electron chi connectivity index (χ3n) is 3.74. The number of hydrogen-bond acceptors (Lipinski definition) is 5. The van der Waals surface area contributed by atoms with E-state index in [-0.39, 0.29) is 11.4 Å². The van der Waals surface area contributed by atoms with Crippen molar-refractivity contribution < 1.29 is 23.9 Å². The number of amides is 2. The number of carbonyl (C=O) groups is 3. The predicted octanol–water partition coefficient (Wildman–Crippen LogP) is 3.26. The molecule has 7 nitrogen and oxygen atoms in total. The molecule has 0 unspecified atom stereocenters. The number of hydrogen-bond donors (Lipinski definition) is 2. The topological polar surface area (TPSA) is 93.7 Å². The Kier molecular flexibility index (Phi) is 13.7. The maximum absolute atomic E-state index is 12.1. The summed E-state index contributed by atoms with van der Waals surface area (Å²) in [5.74, 6) is -1.99. The van der Waals surface area contributed by atoms with E-state index in [1.54, 1.807) is 13.0 Å². The van der Waals surface area contributed by atoms with Crippen molar-refractivity contribution >= 4 is 17.8 Å². The Bertz CT molecular complexity index is 633. The molecule has 7 heteroatoms. The number of carbonyl (C=O) groups excluding carboxylic acids is 3. The molecule has 0 spiro atoms. The van der Waals surface area contributed by atoms with Crippen molar-refractivity contribution in [2.75, 3.05) is 14.2 Å². The molecule has 0 radical (unpaired) electrons. The lowest BCUT2D eigenvalue weighted by Crippen LogP contribution is -2.36. The Labute approximate surface area is 167 Å². The van der Waals surface area contributed by atoms with Crippen LogP contribution in [0.15, 0.2) is 48.0 Å². The average Bonchev–Trinajstić information content (AvgIpc) is 2.68. The van der Waals surface area contributed by atoms with E-state index < -0.39 is 17.8 Å². The van der Waals surface area contributed by atoms with Gasteiger partial charge in [0.25, 0.3) is 11.8 Å². The maximum Gasteiger partial charge on any atom is 0.357 e. The smallest absolute Gasteiger partial charge is 0.357 e. The summed E-state index contributed by atoms with van der Waals surface area (Å²) in [5, 5.41) is 4.66. The first-order chi connectivity index (χ1) is 13.4. The first-order valence-corrected chi connectivity index (χ1v) is 9.33. The Morgan fingerprint density at radius 3 is 2.29 bits per heavy atom. The molecule has 0 fully saturated rings. The summed E-state index contributed by atoms with van der Waals surface area (Å²) in [6.45, 7) is 7.33. The summed E-state index contributed by atoms with van der Waals surface area (Å²) in [4.78, 5) is 35.7. The number of ether oxygens (including phenoxy) is 2. The van der Waals surface area contributed by atoms with Crippen LogP contribution in [-0.2, 0) is 23.9 Å². The lowest BCUT2D eigenvalue weighted by molar-refractivity contribution is -0.137. The summed E-state index contributed by atoms with van der Waals surface area (Å²) in [5.41, 5.74) is 0.0138. The van der Waals surface area contributed by atoms with E-state index in [2.05, 4.69) is 28.9 Å². The first-order valence-electron chi connectivity index (χ1n) is 9.33. The van der Waals surface area contributed by atoms with Gasteiger partial charge in [-0.1, -0.05) is 57.4 Å². The van der Waals surface area contributed by atoms with Crippen LogP contribution in [0, 0.1) is 0 Å². The molecule has 0 bridgehead atoms. The van der Waals surface area contributed by atoms with Crippen LogP contribution < -0.4 is 10.6 Å². The fourth-order valence-corrected chi connectivity index (χ4v) is 2.10. The minimum Gasteiger partial charge on any atom is -0.502 e. The minimum absolute atomic E-state index is 0.205. The standard InChI is InChI=1S/C21H32N2O5/c1-6-7-8-9-10-11-12-13-14-16(2)19(24)22-17(3)20(25)23-18(15-27-4)21(26)28-5/h12-15H,3,6-11H2,1-2,4-5H3,(H,22,24)(H,23,25)/b13-12+,16-14+,18-15+. The molecule has 0 saturated heterocycles. The number of methoxy groups -OCH3 is 2. The van der Waals surface area contributed by atoms with Crippen molar-refractivity contribution in [3.8, 4) is 0 Å². The summed E-state index contributed by atoms with van der Waals surface area (Å²) >= 11 is 0. The van der Waals surface area contributed by atoms with Crippen molar-refractivity contribution in [3.05, 3.63) is 48.0 Å². The number of esters is 1. The van der Waals surface area contributed by atoms with E-state index in [1.807, 2.05) is 12.2 Å². The van der Waals surface area contributed by atoms with Gasteiger partial charge in [-0.2, -0.15) is 0 Å². The molecule has 2 amide bonds. The largest absolute Gasteiger partial charge is 0.502 e. The normalized spacial score (nSPS) is 11.9. The molecule has 0 aliphatic heterocycles. The number of nitrogens with one attached hydrogen (secondary N) is 2. The van der Waals surface area contributed by atoms with Crippen LogP contribution in [-0.4, -0.2) is 32.0 Å². The van der Waals surface area contributed by atoms with E-state index in [1.165, 1.54) is 39.9 Å². The monoisotopic (exact) mass is 392 g/mol. The lowest BCUT2D eigenvalue weighted by Gasteiger charge is -2.10. The van der Waals surface area contributed by atoms with Gasteiger partial charge >= 0.3 is 5.97 Å². The minimum atomic E-state index is -0.787.